The molecule has 0 spiro atoms. The average Bonchev–Trinajstić information content (AvgIpc) is 2.25. The summed E-state index contributed by atoms with van der Waals surface area (Å²) in [6.07, 6.45) is 1.07. The van der Waals surface area contributed by atoms with Gasteiger partial charge in [-0.3, -0.25) is 0 Å². The molecule has 0 radical (unpaired) electrons. The van der Waals surface area contributed by atoms with Gasteiger partial charge in [-0.15, -0.1) is 0 Å². The number of nitrogens with two attached hydrogens (primary N) is 1. The normalized spacial score (nSPS) is 12.2. The number of rotatable bonds is 5. The molecule has 0 fully saturated rings. The van der Waals surface area contributed by atoms with Crippen molar-refractivity contribution < 1.29 is 17.2 Å². The Bertz CT molecular complexity index is 620. The first-order chi connectivity index (χ1) is 8.95. The zero-order chi connectivity index (χ0) is 15.7. The molecule has 0 saturated carbocycles. The first kappa shape index (κ1) is 16.8. The highest BCUT2D eigenvalue weighted by Gasteiger charge is 2.30. The molecule has 20 heavy (non-hydrogen) atoms. The Morgan fingerprint density at radius 1 is 1.35 bits per heavy atom. The van der Waals surface area contributed by atoms with Crippen LogP contribution in [0, 0.1) is 11.6 Å². The molecule has 0 aliphatic carbocycles. The molecular formula is C12H16F2N2O2S2. The van der Waals surface area contributed by atoms with E-state index in [-0.39, 0.29) is 17.1 Å². The van der Waals surface area contributed by atoms with Crippen molar-refractivity contribution in [2.45, 2.75) is 18.6 Å². The van der Waals surface area contributed by atoms with Crippen LogP contribution >= 0.6 is 12.2 Å². The molecule has 1 aromatic carbocycles. The molecule has 0 heterocycles. The first-order valence-electron chi connectivity index (χ1n) is 5.68. The van der Waals surface area contributed by atoms with Gasteiger partial charge in [-0.2, -0.15) is 0 Å². The number of benzene rings is 1. The quantitative estimate of drug-likeness (QED) is 0.809. The van der Waals surface area contributed by atoms with Gasteiger partial charge < -0.3 is 11.1 Å². The van der Waals surface area contributed by atoms with E-state index in [1.165, 1.54) is 13.8 Å². The van der Waals surface area contributed by atoms with Crippen molar-refractivity contribution in [3.05, 3.63) is 29.3 Å². The van der Waals surface area contributed by atoms with Crippen molar-refractivity contribution in [3.8, 4) is 0 Å². The third-order valence-electron chi connectivity index (χ3n) is 3.02. The summed E-state index contributed by atoms with van der Waals surface area (Å²) < 4.78 is 49.4. The fourth-order valence-electron chi connectivity index (χ4n) is 1.32. The fourth-order valence-corrected chi connectivity index (χ4v) is 1.77. The van der Waals surface area contributed by atoms with E-state index in [9.17, 15) is 17.2 Å². The highest BCUT2D eigenvalue weighted by Crippen LogP contribution is 2.23. The predicted octanol–water partition coefficient (Wildman–Crippen LogP) is 1.83. The Balaban J connectivity index is 3.04. The van der Waals surface area contributed by atoms with E-state index in [0.29, 0.717) is 0 Å². The predicted molar refractivity (Wildman–Crippen MR) is 79.7 cm³/mol. The second-order valence-electron chi connectivity index (χ2n) is 5.06. The van der Waals surface area contributed by atoms with Gasteiger partial charge in [0.25, 0.3) is 0 Å². The van der Waals surface area contributed by atoms with Gasteiger partial charge in [0.05, 0.1) is 4.75 Å². The summed E-state index contributed by atoms with van der Waals surface area (Å²) in [5.41, 5.74) is 4.97. The Morgan fingerprint density at radius 3 is 2.15 bits per heavy atom. The molecule has 0 saturated heterocycles. The van der Waals surface area contributed by atoms with Gasteiger partial charge in [-0.05, 0) is 26.0 Å². The molecule has 3 N–H and O–H groups in total. The van der Waals surface area contributed by atoms with Crippen molar-refractivity contribution in [2.75, 3.05) is 18.1 Å². The minimum atomic E-state index is -3.37. The minimum Gasteiger partial charge on any atom is -0.389 e. The number of hydrogen-bond donors (Lipinski definition) is 2. The molecule has 0 bridgehead atoms. The number of thiocarbonyl (C=S) groups is 1. The Kier molecular flexibility index (Phi) is 4.70. The van der Waals surface area contributed by atoms with E-state index < -0.39 is 31.9 Å². The maximum absolute atomic E-state index is 13.8. The second-order valence-corrected chi connectivity index (χ2v) is 8.15. The summed E-state index contributed by atoms with van der Waals surface area (Å²) in [5.74, 6) is -1.76. The van der Waals surface area contributed by atoms with E-state index in [1.54, 1.807) is 0 Å². The molecule has 0 aliphatic heterocycles. The zero-order valence-corrected chi connectivity index (χ0v) is 13.0. The molecule has 0 aromatic heterocycles. The van der Waals surface area contributed by atoms with Crippen LogP contribution in [0.1, 0.15) is 19.4 Å². The van der Waals surface area contributed by atoms with Gasteiger partial charge in [0.15, 0.2) is 9.84 Å². The van der Waals surface area contributed by atoms with Crippen molar-refractivity contribution >= 4 is 32.7 Å². The van der Waals surface area contributed by atoms with Gasteiger partial charge in [-0.25, -0.2) is 17.2 Å². The summed E-state index contributed by atoms with van der Waals surface area (Å²) in [4.78, 5) is -0.120. The van der Waals surface area contributed by atoms with E-state index in [0.717, 1.165) is 18.4 Å². The lowest BCUT2D eigenvalue weighted by Crippen LogP contribution is -2.38. The van der Waals surface area contributed by atoms with Crippen molar-refractivity contribution in [1.82, 2.24) is 0 Å². The van der Waals surface area contributed by atoms with Gasteiger partial charge in [0, 0.05) is 18.4 Å². The molecular weight excluding hydrogens is 306 g/mol. The summed E-state index contributed by atoms with van der Waals surface area (Å²) in [6, 6.07) is 2.00. The molecule has 4 nitrogen and oxygen atoms in total. The first-order valence-corrected chi connectivity index (χ1v) is 7.98. The van der Waals surface area contributed by atoms with Crippen molar-refractivity contribution in [1.29, 1.82) is 0 Å². The zero-order valence-electron chi connectivity index (χ0n) is 11.3. The van der Waals surface area contributed by atoms with Crippen LogP contribution in [-0.2, 0) is 9.84 Å². The van der Waals surface area contributed by atoms with Crippen LogP contribution < -0.4 is 11.1 Å². The van der Waals surface area contributed by atoms with Crippen LogP contribution in [0.15, 0.2) is 12.1 Å². The van der Waals surface area contributed by atoms with Crippen molar-refractivity contribution in [3.63, 3.8) is 0 Å². The Hall–Kier alpha value is -1.28. The Morgan fingerprint density at radius 2 is 1.80 bits per heavy atom. The number of halogens is 2. The number of sulfone groups is 1. The smallest absolute Gasteiger partial charge is 0.154 e. The van der Waals surface area contributed by atoms with E-state index in [4.69, 9.17) is 5.73 Å². The fraction of sp³-hybridized carbons (Fsp3) is 0.417. The van der Waals surface area contributed by atoms with E-state index in [1.807, 2.05) is 0 Å². The summed E-state index contributed by atoms with van der Waals surface area (Å²) >= 11 is 4.64. The average molecular weight is 322 g/mol. The third kappa shape index (κ3) is 3.63. The molecule has 1 aromatic rings. The van der Waals surface area contributed by atoms with Crippen LogP contribution in [0.4, 0.5) is 14.5 Å². The SMILES string of the molecule is CC(C)(CNc1c(F)cc(C(N)=S)cc1F)S(C)(=O)=O. The van der Waals surface area contributed by atoms with Crippen molar-refractivity contribution in [2.24, 2.45) is 5.73 Å². The van der Waals surface area contributed by atoms with E-state index >= 15 is 0 Å². The molecule has 0 aliphatic rings. The highest BCUT2D eigenvalue weighted by molar-refractivity contribution is 7.92. The van der Waals surface area contributed by atoms with Crippen LogP contribution in [0.2, 0.25) is 0 Å². The van der Waals surface area contributed by atoms with Crippen LogP contribution in [0.3, 0.4) is 0 Å². The van der Waals surface area contributed by atoms with Gasteiger partial charge in [0.1, 0.15) is 22.3 Å². The largest absolute Gasteiger partial charge is 0.389 e. The molecule has 0 atom stereocenters. The summed E-state index contributed by atoms with van der Waals surface area (Å²) in [5, 5.41) is 2.48. The second kappa shape index (κ2) is 5.61. The third-order valence-corrected chi connectivity index (χ3v) is 5.41. The molecule has 112 valence electrons. The lowest BCUT2D eigenvalue weighted by Gasteiger charge is -2.23. The monoisotopic (exact) mass is 322 g/mol. The van der Waals surface area contributed by atoms with E-state index in [2.05, 4.69) is 17.5 Å². The summed E-state index contributed by atoms with van der Waals surface area (Å²) in [6.45, 7) is 2.80. The highest BCUT2D eigenvalue weighted by atomic mass is 32.2. The topological polar surface area (TPSA) is 72.2 Å². The van der Waals surface area contributed by atoms with Gasteiger partial charge >= 0.3 is 0 Å². The van der Waals surface area contributed by atoms with Crippen LogP contribution in [0.25, 0.3) is 0 Å². The lowest BCUT2D eigenvalue weighted by molar-refractivity contribution is 0.554. The summed E-state index contributed by atoms with van der Waals surface area (Å²) in [7, 11) is -3.37. The van der Waals surface area contributed by atoms with Gasteiger partial charge in [-0.1, -0.05) is 12.2 Å². The molecule has 0 amide bonds. The standard InChI is InChI=1S/C12H16F2N2O2S2/c1-12(2,20(3,17)18)6-16-10-8(13)4-7(11(15)19)5-9(10)14/h4-5,16H,6H2,1-3H3,(H2,15,19). The molecule has 8 heteroatoms. The van der Waals surface area contributed by atoms with Crippen LogP contribution in [-0.4, -0.2) is 31.0 Å². The lowest BCUT2D eigenvalue weighted by atomic mass is 10.1. The maximum Gasteiger partial charge on any atom is 0.154 e. The van der Waals surface area contributed by atoms with Gasteiger partial charge in [0.2, 0.25) is 0 Å². The number of nitrogens with one attached hydrogen (secondary N) is 1. The van der Waals surface area contributed by atoms with Crippen LogP contribution in [0.5, 0.6) is 0 Å². The number of anilines is 1. The molecule has 0 unspecified atom stereocenters. The number of hydrogen-bond acceptors (Lipinski definition) is 4. The minimum absolute atomic E-state index is 0.0722. The maximum atomic E-state index is 13.8. The molecule has 1 rings (SSSR count). The Labute approximate surface area is 122 Å².